The molecule has 1 fully saturated rings. The second kappa shape index (κ2) is 4.64. The number of hydrogen-bond acceptors (Lipinski definition) is 1. The van der Waals surface area contributed by atoms with Crippen LogP contribution in [0, 0.1) is 18.3 Å². The molecule has 1 aromatic carbocycles. The summed E-state index contributed by atoms with van der Waals surface area (Å²) in [7, 11) is 0. The van der Waals surface area contributed by atoms with Crippen molar-refractivity contribution >= 4 is 21.6 Å². The van der Waals surface area contributed by atoms with Gasteiger partial charge in [0.2, 0.25) is 0 Å². The Kier molecular flexibility index (Phi) is 3.53. The van der Waals surface area contributed by atoms with Crippen molar-refractivity contribution in [3.8, 4) is 0 Å². The van der Waals surface area contributed by atoms with Crippen molar-refractivity contribution in [2.45, 2.75) is 46.6 Å². The van der Waals surface area contributed by atoms with E-state index in [0.29, 0.717) is 11.5 Å². The van der Waals surface area contributed by atoms with Crippen LogP contribution in [0.1, 0.15) is 39.2 Å². The number of anilines is 1. The van der Waals surface area contributed by atoms with Gasteiger partial charge in [0.15, 0.2) is 0 Å². The first-order valence-corrected chi connectivity index (χ1v) is 7.20. The maximum absolute atomic E-state index is 3.73. The molecule has 1 saturated carbocycles. The van der Waals surface area contributed by atoms with E-state index in [1.807, 2.05) is 0 Å². The fourth-order valence-electron chi connectivity index (χ4n) is 3.05. The second-order valence-electron chi connectivity index (χ2n) is 6.21. The topological polar surface area (TPSA) is 12.0 Å². The molecule has 0 saturated heterocycles. The Morgan fingerprint density at radius 3 is 2.59 bits per heavy atom. The maximum Gasteiger partial charge on any atom is 0.0383 e. The highest BCUT2D eigenvalue weighted by Crippen LogP contribution is 2.42. The first-order valence-electron chi connectivity index (χ1n) is 6.41. The van der Waals surface area contributed by atoms with Crippen LogP contribution in [-0.2, 0) is 0 Å². The molecule has 0 amide bonds. The van der Waals surface area contributed by atoms with Gasteiger partial charge < -0.3 is 5.32 Å². The molecule has 1 N–H and O–H groups in total. The third-order valence-corrected chi connectivity index (χ3v) is 4.80. The molecule has 0 heterocycles. The minimum atomic E-state index is 0.483. The number of nitrogens with one attached hydrogen (secondary N) is 1. The monoisotopic (exact) mass is 295 g/mol. The highest BCUT2D eigenvalue weighted by Gasteiger charge is 2.36. The summed E-state index contributed by atoms with van der Waals surface area (Å²) in [6.07, 6.45) is 2.58. The van der Waals surface area contributed by atoms with E-state index in [4.69, 9.17) is 0 Å². The van der Waals surface area contributed by atoms with Gasteiger partial charge in [-0.2, -0.15) is 0 Å². The van der Waals surface area contributed by atoms with Crippen LogP contribution < -0.4 is 5.32 Å². The maximum atomic E-state index is 3.73. The first kappa shape index (κ1) is 12.9. The van der Waals surface area contributed by atoms with Gasteiger partial charge in [0.1, 0.15) is 0 Å². The second-order valence-corrected chi connectivity index (χ2v) is 7.07. The number of hydrogen-bond donors (Lipinski definition) is 1. The minimum Gasteiger partial charge on any atom is -0.382 e. The lowest BCUT2D eigenvalue weighted by Gasteiger charge is -2.21. The lowest BCUT2D eigenvalue weighted by Crippen LogP contribution is -2.23. The highest BCUT2D eigenvalue weighted by atomic mass is 79.9. The Bertz CT molecular complexity index is 411. The lowest BCUT2D eigenvalue weighted by atomic mass is 9.91. The van der Waals surface area contributed by atoms with Crippen molar-refractivity contribution in [1.29, 1.82) is 0 Å². The molecule has 1 aliphatic rings. The van der Waals surface area contributed by atoms with Crippen molar-refractivity contribution in [3.05, 3.63) is 28.2 Å². The zero-order chi connectivity index (χ0) is 12.6. The SMILES string of the molecule is Cc1c(Br)cccc1NC1CC(C)(C)CC1C. The zero-order valence-corrected chi connectivity index (χ0v) is 12.8. The summed E-state index contributed by atoms with van der Waals surface area (Å²) in [6, 6.07) is 6.99. The summed E-state index contributed by atoms with van der Waals surface area (Å²) in [5.41, 5.74) is 3.06. The molecule has 2 heteroatoms. The van der Waals surface area contributed by atoms with E-state index in [0.717, 1.165) is 5.92 Å². The van der Waals surface area contributed by atoms with Crippen LogP contribution in [0.25, 0.3) is 0 Å². The molecule has 0 radical (unpaired) electrons. The summed E-state index contributed by atoms with van der Waals surface area (Å²) in [5, 5.41) is 3.73. The largest absolute Gasteiger partial charge is 0.382 e. The number of halogens is 1. The van der Waals surface area contributed by atoms with Crippen LogP contribution >= 0.6 is 15.9 Å². The summed E-state index contributed by atoms with van der Waals surface area (Å²) in [5.74, 6) is 0.753. The van der Waals surface area contributed by atoms with Crippen LogP contribution in [0.2, 0.25) is 0 Å². The van der Waals surface area contributed by atoms with Crippen LogP contribution in [0.4, 0.5) is 5.69 Å². The molecule has 1 aliphatic carbocycles. The van der Waals surface area contributed by atoms with Gasteiger partial charge in [0.05, 0.1) is 0 Å². The molecule has 1 aromatic rings. The molecule has 2 unspecified atom stereocenters. The van der Waals surface area contributed by atoms with E-state index < -0.39 is 0 Å². The molecule has 2 atom stereocenters. The predicted octanol–water partition coefficient (Wildman–Crippen LogP) is 4.99. The van der Waals surface area contributed by atoms with E-state index in [1.54, 1.807) is 0 Å². The molecule has 0 spiro atoms. The van der Waals surface area contributed by atoms with Gasteiger partial charge in [0.25, 0.3) is 0 Å². The van der Waals surface area contributed by atoms with Crippen LogP contribution in [-0.4, -0.2) is 6.04 Å². The van der Waals surface area contributed by atoms with E-state index in [2.05, 4.69) is 67.1 Å². The van der Waals surface area contributed by atoms with E-state index >= 15 is 0 Å². The average Bonchev–Trinajstić information content (AvgIpc) is 2.47. The minimum absolute atomic E-state index is 0.483. The van der Waals surface area contributed by atoms with Gasteiger partial charge >= 0.3 is 0 Å². The normalized spacial score (nSPS) is 27.1. The van der Waals surface area contributed by atoms with Crippen LogP contribution in [0.5, 0.6) is 0 Å². The fourth-order valence-corrected chi connectivity index (χ4v) is 3.42. The van der Waals surface area contributed by atoms with Crippen LogP contribution in [0.15, 0.2) is 22.7 Å². The van der Waals surface area contributed by atoms with Gasteiger partial charge in [-0.25, -0.2) is 0 Å². The van der Waals surface area contributed by atoms with Gasteiger partial charge in [-0.1, -0.05) is 42.8 Å². The first-order chi connectivity index (χ1) is 7.89. The highest BCUT2D eigenvalue weighted by molar-refractivity contribution is 9.10. The van der Waals surface area contributed by atoms with E-state index in [1.165, 1.54) is 28.6 Å². The number of rotatable bonds is 2. The Hall–Kier alpha value is -0.500. The van der Waals surface area contributed by atoms with Crippen LogP contribution in [0.3, 0.4) is 0 Å². The molecule has 94 valence electrons. The Labute approximate surface area is 113 Å². The van der Waals surface area contributed by atoms with E-state index in [9.17, 15) is 0 Å². The molecule has 17 heavy (non-hydrogen) atoms. The molecule has 0 bridgehead atoms. The predicted molar refractivity (Wildman–Crippen MR) is 78.5 cm³/mol. The smallest absolute Gasteiger partial charge is 0.0383 e. The molecular weight excluding hydrogens is 274 g/mol. The van der Waals surface area contributed by atoms with E-state index in [-0.39, 0.29) is 0 Å². The summed E-state index contributed by atoms with van der Waals surface area (Å²) < 4.78 is 1.19. The third-order valence-electron chi connectivity index (χ3n) is 3.94. The fraction of sp³-hybridized carbons (Fsp3) is 0.600. The van der Waals surface area contributed by atoms with Crippen molar-refractivity contribution in [1.82, 2.24) is 0 Å². The number of benzene rings is 1. The van der Waals surface area contributed by atoms with Gasteiger partial charge in [-0.3, -0.25) is 0 Å². The summed E-state index contributed by atoms with van der Waals surface area (Å²) >= 11 is 3.59. The molecule has 0 aliphatic heterocycles. The summed E-state index contributed by atoms with van der Waals surface area (Å²) in [6.45, 7) is 9.27. The van der Waals surface area contributed by atoms with Gasteiger partial charge in [-0.15, -0.1) is 0 Å². The Morgan fingerprint density at radius 2 is 2.00 bits per heavy atom. The third kappa shape index (κ3) is 2.85. The van der Waals surface area contributed by atoms with Crippen molar-refractivity contribution in [3.63, 3.8) is 0 Å². The zero-order valence-electron chi connectivity index (χ0n) is 11.2. The Morgan fingerprint density at radius 1 is 1.29 bits per heavy atom. The molecular formula is C15H22BrN. The molecule has 2 rings (SSSR count). The molecule has 1 nitrogen and oxygen atoms in total. The van der Waals surface area contributed by atoms with Gasteiger partial charge in [-0.05, 0) is 48.8 Å². The lowest BCUT2D eigenvalue weighted by molar-refractivity contribution is 0.366. The van der Waals surface area contributed by atoms with Gasteiger partial charge in [0, 0.05) is 16.2 Å². The van der Waals surface area contributed by atoms with Crippen molar-refractivity contribution in [2.24, 2.45) is 11.3 Å². The quantitative estimate of drug-likeness (QED) is 0.810. The Balaban J connectivity index is 2.14. The standard InChI is InChI=1S/C15H22BrN/c1-10-8-15(3,4)9-14(10)17-13-7-5-6-12(16)11(13)2/h5-7,10,14,17H,8-9H2,1-4H3. The van der Waals surface area contributed by atoms with Crippen molar-refractivity contribution < 1.29 is 0 Å². The van der Waals surface area contributed by atoms with Crippen molar-refractivity contribution in [2.75, 3.05) is 5.32 Å². The molecule has 0 aromatic heterocycles. The summed E-state index contributed by atoms with van der Waals surface area (Å²) in [4.78, 5) is 0. The average molecular weight is 296 g/mol.